The zero-order valence-electron chi connectivity index (χ0n) is 11.1. The van der Waals surface area contributed by atoms with Crippen molar-refractivity contribution in [2.75, 3.05) is 11.4 Å². The minimum atomic E-state index is -0.591. The van der Waals surface area contributed by atoms with Gasteiger partial charge in [0, 0.05) is 23.7 Å². The maximum Gasteiger partial charge on any atom is 0.328 e. The summed E-state index contributed by atoms with van der Waals surface area (Å²) in [5.74, 6) is -0.843. The smallest absolute Gasteiger partial charge is 0.328 e. The summed E-state index contributed by atoms with van der Waals surface area (Å²) in [6.45, 7) is 5.25. The van der Waals surface area contributed by atoms with Crippen LogP contribution in [0.3, 0.4) is 0 Å². The molecule has 0 saturated carbocycles. The number of phenolic OH excluding ortho intramolecular Hbond substituents is 2. The predicted molar refractivity (Wildman–Crippen MR) is 72.7 cm³/mol. The summed E-state index contributed by atoms with van der Waals surface area (Å²) in [6.07, 6.45) is 0. The van der Waals surface area contributed by atoms with Crippen molar-refractivity contribution >= 4 is 17.7 Å². The topological polar surface area (TPSA) is 123 Å². The lowest BCUT2D eigenvalue weighted by molar-refractivity contribution is 0.249. The van der Waals surface area contributed by atoms with Crippen LogP contribution in [0.5, 0.6) is 11.5 Å². The first-order valence-corrected chi connectivity index (χ1v) is 5.75. The molecule has 7 heteroatoms. The van der Waals surface area contributed by atoms with Gasteiger partial charge in [-0.25, -0.2) is 9.69 Å². The third kappa shape index (κ3) is 2.70. The van der Waals surface area contributed by atoms with Gasteiger partial charge in [0.1, 0.15) is 11.5 Å². The fourth-order valence-corrected chi connectivity index (χ4v) is 1.77. The lowest BCUT2D eigenvalue weighted by Crippen LogP contribution is -2.47. The van der Waals surface area contributed by atoms with Crippen LogP contribution in [0, 0.1) is 19.3 Å². The number of phenols is 2. The van der Waals surface area contributed by atoms with E-state index in [4.69, 9.17) is 11.1 Å². The van der Waals surface area contributed by atoms with Crippen molar-refractivity contribution in [1.29, 1.82) is 5.41 Å². The molecule has 104 valence electrons. The van der Waals surface area contributed by atoms with E-state index < -0.39 is 12.0 Å². The largest absolute Gasteiger partial charge is 0.507 e. The van der Waals surface area contributed by atoms with Crippen molar-refractivity contribution in [3.8, 4) is 11.5 Å². The molecule has 0 aromatic heterocycles. The highest BCUT2D eigenvalue weighted by Gasteiger charge is 2.25. The van der Waals surface area contributed by atoms with E-state index in [-0.39, 0.29) is 17.2 Å². The fraction of sp³-hybridized carbons (Fsp3) is 0.333. The zero-order chi connectivity index (χ0) is 14.7. The first-order chi connectivity index (χ1) is 8.81. The predicted octanol–water partition coefficient (Wildman–Crippen LogP) is 1.14. The molecule has 0 heterocycles. The molecule has 0 spiro atoms. The molecule has 0 atom stereocenters. The Morgan fingerprint density at radius 2 is 1.84 bits per heavy atom. The number of urea groups is 1. The standard InChI is InChI=1S/C12H18N4O3/c1-4-15-12(19)16(11(13)14)10-6(2)8(17)5-9(18)7(10)3/h5,17-18H,4H2,1-3H3,(H3,13,14)(H,15,19). The van der Waals surface area contributed by atoms with Crippen LogP contribution in [0.2, 0.25) is 0 Å². The molecule has 7 nitrogen and oxygen atoms in total. The van der Waals surface area contributed by atoms with E-state index in [0.29, 0.717) is 17.7 Å². The number of hydrogen-bond acceptors (Lipinski definition) is 4. The number of nitrogens with two attached hydrogens (primary N) is 1. The molecule has 1 rings (SSSR count). The molecular weight excluding hydrogens is 248 g/mol. The van der Waals surface area contributed by atoms with E-state index in [0.717, 1.165) is 4.90 Å². The van der Waals surface area contributed by atoms with Crippen LogP contribution in [0.4, 0.5) is 10.5 Å². The van der Waals surface area contributed by atoms with E-state index in [9.17, 15) is 15.0 Å². The summed E-state index contributed by atoms with van der Waals surface area (Å²) < 4.78 is 0. The maximum atomic E-state index is 11.9. The monoisotopic (exact) mass is 266 g/mol. The minimum absolute atomic E-state index is 0.173. The highest BCUT2D eigenvalue weighted by Crippen LogP contribution is 2.37. The number of anilines is 1. The molecule has 0 aliphatic heterocycles. The molecule has 0 saturated heterocycles. The molecule has 0 fully saturated rings. The number of aromatic hydroxyl groups is 2. The van der Waals surface area contributed by atoms with Crippen LogP contribution in [-0.4, -0.2) is 28.7 Å². The van der Waals surface area contributed by atoms with Crippen LogP contribution in [0.15, 0.2) is 6.07 Å². The van der Waals surface area contributed by atoms with Gasteiger partial charge in [0.2, 0.25) is 5.96 Å². The Morgan fingerprint density at radius 3 is 2.21 bits per heavy atom. The van der Waals surface area contributed by atoms with Crippen molar-refractivity contribution in [3.05, 3.63) is 17.2 Å². The van der Waals surface area contributed by atoms with Crippen molar-refractivity contribution in [2.45, 2.75) is 20.8 Å². The van der Waals surface area contributed by atoms with E-state index in [1.165, 1.54) is 6.07 Å². The van der Waals surface area contributed by atoms with Crippen LogP contribution >= 0.6 is 0 Å². The molecule has 6 N–H and O–H groups in total. The number of amides is 2. The average molecular weight is 266 g/mol. The third-order valence-corrected chi connectivity index (χ3v) is 2.75. The molecule has 0 bridgehead atoms. The van der Waals surface area contributed by atoms with Gasteiger partial charge >= 0.3 is 6.03 Å². The number of rotatable bonds is 2. The van der Waals surface area contributed by atoms with E-state index in [2.05, 4.69) is 5.32 Å². The van der Waals surface area contributed by atoms with Crippen LogP contribution in [0.1, 0.15) is 18.1 Å². The lowest BCUT2D eigenvalue weighted by atomic mass is 10.1. The minimum Gasteiger partial charge on any atom is -0.507 e. The Bertz CT molecular complexity index is 502. The van der Waals surface area contributed by atoms with Gasteiger partial charge in [0.25, 0.3) is 0 Å². The fourth-order valence-electron chi connectivity index (χ4n) is 1.77. The molecule has 0 aliphatic carbocycles. The number of carbonyl (C=O) groups excluding carboxylic acids is 1. The SMILES string of the molecule is CCNC(=O)N(C(=N)N)c1c(C)c(O)cc(O)c1C. The van der Waals surface area contributed by atoms with Gasteiger partial charge in [0.15, 0.2) is 0 Å². The van der Waals surface area contributed by atoms with Crippen molar-refractivity contribution in [2.24, 2.45) is 5.73 Å². The highest BCUT2D eigenvalue weighted by molar-refractivity contribution is 6.15. The Balaban J connectivity index is 3.47. The van der Waals surface area contributed by atoms with Gasteiger partial charge in [0.05, 0.1) is 5.69 Å². The van der Waals surface area contributed by atoms with E-state index >= 15 is 0 Å². The van der Waals surface area contributed by atoms with Crippen LogP contribution in [0.25, 0.3) is 0 Å². The summed E-state index contributed by atoms with van der Waals surface area (Å²) in [4.78, 5) is 12.9. The number of nitrogens with one attached hydrogen (secondary N) is 2. The Morgan fingerprint density at radius 1 is 1.37 bits per heavy atom. The van der Waals surface area contributed by atoms with Gasteiger partial charge in [-0.05, 0) is 20.8 Å². The average Bonchev–Trinajstić information content (AvgIpc) is 2.31. The second kappa shape index (κ2) is 5.47. The first kappa shape index (κ1) is 14.6. The zero-order valence-corrected chi connectivity index (χ0v) is 11.1. The number of guanidine groups is 1. The number of hydrogen-bond donors (Lipinski definition) is 5. The molecule has 1 aromatic carbocycles. The Hall–Kier alpha value is -2.44. The molecule has 19 heavy (non-hydrogen) atoms. The van der Waals surface area contributed by atoms with Gasteiger partial charge < -0.3 is 21.3 Å². The second-order valence-electron chi connectivity index (χ2n) is 4.07. The van der Waals surface area contributed by atoms with Gasteiger partial charge in [-0.15, -0.1) is 0 Å². The summed E-state index contributed by atoms with van der Waals surface area (Å²) in [5.41, 5.74) is 6.34. The maximum absolute atomic E-state index is 11.9. The Labute approximate surface area is 111 Å². The third-order valence-electron chi connectivity index (χ3n) is 2.75. The summed E-state index contributed by atoms with van der Waals surface area (Å²) in [5, 5.41) is 29.5. The van der Waals surface area contributed by atoms with Crippen molar-refractivity contribution in [1.82, 2.24) is 5.32 Å². The molecule has 2 amide bonds. The highest BCUT2D eigenvalue weighted by atomic mass is 16.3. The number of nitrogens with zero attached hydrogens (tertiary/aromatic N) is 1. The normalized spacial score (nSPS) is 10.1. The van der Waals surface area contributed by atoms with Gasteiger partial charge in [-0.1, -0.05) is 0 Å². The molecule has 0 aliphatic rings. The molecular formula is C12H18N4O3. The molecule has 0 unspecified atom stereocenters. The lowest BCUT2D eigenvalue weighted by Gasteiger charge is -2.25. The van der Waals surface area contributed by atoms with E-state index in [1.807, 2.05) is 0 Å². The quantitative estimate of drug-likeness (QED) is 0.407. The summed E-state index contributed by atoms with van der Waals surface area (Å²) in [6, 6.07) is 0.593. The van der Waals surface area contributed by atoms with Crippen molar-refractivity contribution in [3.63, 3.8) is 0 Å². The Kier molecular flexibility index (Phi) is 4.21. The summed E-state index contributed by atoms with van der Waals surface area (Å²) in [7, 11) is 0. The van der Waals surface area contributed by atoms with Gasteiger partial charge in [-0.3, -0.25) is 5.41 Å². The van der Waals surface area contributed by atoms with Crippen LogP contribution in [-0.2, 0) is 0 Å². The van der Waals surface area contributed by atoms with Gasteiger partial charge in [-0.2, -0.15) is 0 Å². The number of carbonyl (C=O) groups is 1. The van der Waals surface area contributed by atoms with E-state index in [1.54, 1.807) is 20.8 Å². The molecule has 1 aromatic rings. The second-order valence-corrected chi connectivity index (χ2v) is 4.07. The summed E-state index contributed by atoms with van der Waals surface area (Å²) >= 11 is 0. The van der Waals surface area contributed by atoms with Crippen LogP contribution < -0.4 is 16.0 Å². The number of benzene rings is 1. The first-order valence-electron chi connectivity index (χ1n) is 5.75. The van der Waals surface area contributed by atoms with Crippen molar-refractivity contribution < 1.29 is 15.0 Å². The molecule has 0 radical (unpaired) electrons.